The summed E-state index contributed by atoms with van der Waals surface area (Å²) in [6.07, 6.45) is 15.6. The molecule has 0 unspecified atom stereocenters. The van der Waals surface area contributed by atoms with Crippen molar-refractivity contribution in [3.63, 3.8) is 0 Å². The van der Waals surface area contributed by atoms with Crippen molar-refractivity contribution in [3.8, 4) is 51.6 Å². The predicted octanol–water partition coefficient (Wildman–Crippen LogP) is 16.8. The van der Waals surface area contributed by atoms with Crippen molar-refractivity contribution in [2.45, 2.75) is 113 Å². The molecule has 7 aromatic rings. The largest absolute Gasteiger partial charge is 0.300 e. The van der Waals surface area contributed by atoms with Gasteiger partial charge in [-0.2, -0.15) is 15.8 Å². The first kappa shape index (κ1) is 55.8. The molecule has 0 saturated heterocycles. The molecule has 7 nitrogen and oxygen atoms in total. The van der Waals surface area contributed by atoms with E-state index in [-0.39, 0.29) is 40.4 Å². The smallest absolute Gasteiger partial charge is 0.130 e. The third-order valence-corrected chi connectivity index (χ3v) is 17.1. The van der Waals surface area contributed by atoms with Gasteiger partial charge in [-0.3, -0.25) is 9.97 Å². The van der Waals surface area contributed by atoms with E-state index in [9.17, 15) is 19.2 Å². The maximum absolute atomic E-state index is 13.7. The Balaban J connectivity index is 0.000000178. The lowest BCUT2D eigenvalue weighted by molar-refractivity contribution is -0.118. The van der Waals surface area contributed by atoms with E-state index in [0.29, 0.717) is 29.5 Å². The van der Waals surface area contributed by atoms with Gasteiger partial charge in [0.25, 0.3) is 0 Å². The molecule has 0 N–H and O–H groups in total. The van der Waals surface area contributed by atoms with E-state index in [1.54, 1.807) is 61.8 Å². The number of aromatic nitrogens is 2. The minimum absolute atomic E-state index is 0. The molecule has 2 aliphatic rings. The Morgan fingerprint density at radius 3 is 1.63 bits per heavy atom. The third kappa shape index (κ3) is 15.2. The van der Waals surface area contributed by atoms with E-state index in [0.717, 1.165) is 92.7 Å². The zero-order valence-electron chi connectivity index (χ0n) is 41.5. The van der Waals surface area contributed by atoms with Gasteiger partial charge < -0.3 is 9.59 Å². The topological polar surface area (TPSA) is 131 Å². The van der Waals surface area contributed by atoms with Crippen molar-refractivity contribution < 1.29 is 14.0 Å². The molecule has 372 valence electrons. The monoisotopic (exact) mass is 1020 g/mol. The van der Waals surface area contributed by atoms with Crippen LogP contribution < -0.4 is 0 Å². The molecular formula is C62H62FN5O2S3. The summed E-state index contributed by atoms with van der Waals surface area (Å²) in [4.78, 5) is 34.9. The number of fused-ring (bicyclic) bond motifs is 1. The second-order valence-corrected chi connectivity index (χ2v) is 23.3. The lowest BCUT2D eigenvalue weighted by Crippen LogP contribution is -2.13. The Kier molecular flexibility index (Phi) is 19.4. The van der Waals surface area contributed by atoms with Crippen LogP contribution in [-0.4, -0.2) is 37.8 Å². The molecule has 2 saturated carbocycles. The second kappa shape index (κ2) is 25.4. The molecule has 0 radical (unpaired) electrons. The molecular weight excluding hydrogens is 962 g/mol. The zero-order chi connectivity index (χ0) is 51.3. The van der Waals surface area contributed by atoms with Gasteiger partial charge in [0.15, 0.2) is 0 Å². The van der Waals surface area contributed by atoms with E-state index in [1.165, 1.54) is 28.3 Å². The second-order valence-electron chi connectivity index (χ2n) is 19.5. The van der Waals surface area contributed by atoms with Gasteiger partial charge in [-0.15, -0.1) is 35.3 Å². The predicted molar refractivity (Wildman–Crippen MR) is 300 cm³/mol. The van der Waals surface area contributed by atoms with Crippen molar-refractivity contribution in [2.24, 2.45) is 10.8 Å². The highest BCUT2D eigenvalue weighted by atomic mass is 32.2. The highest BCUT2D eigenvalue weighted by Gasteiger charge is 2.44. The van der Waals surface area contributed by atoms with Crippen LogP contribution in [-0.2, 0) is 9.59 Å². The van der Waals surface area contributed by atoms with Crippen LogP contribution in [0.3, 0.4) is 0 Å². The van der Waals surface area contributed by atoms with Crippen molar-refractivity contribution in [1.82, 2.24) is 9.97 Å². The molecule has 0 spiro atoms. The highest BCUT2D eigenvalue weighted by Crippen LogP contribution is 2.54. The van der Waals surface area contributed by atoms with E-state index in [4.69, 9.17) is 10.5 Å². The zero-order valence-corrected chi connectivity index (χ0v) is 44.0. The van der Waals surface area contributed by atoms with Crippen molar-refractivity contribution >= 4 is 57.6 Å². The van der Waals surface area contributed by atoms with Crippen molar-refractivity contribution in [2.75, 3.05) is 11.5 Å². The van der Waals surface area contributed by atoms with Crippen LogP contribution in [0.2, 0.25) is 0 Å². The average molecular weight is 1020 g/mol. The van der Waals surface area contributed by atoms with Gasteiger partial charge in [0.2, 0.25) is 0 Å². The summed E-state index contributed by atoms with van der Waals surface area (Å²) in [5, 5.41) is 29.3. The SMILES string of the molecule is C.CC(=O)CC1(CSc2ccc(F)cc2-c2ccc(C#N)cc2)CC1.CC(=O)CC1(CSc2ccncc2-c2ccc(C#N)cc2)CC1.CCCC(C)(C)Sc1ccncc1-c1ccc(C#N)c2ccccc12. The van der Waals surface area contributed by atoms with E-state index in [1.807, 2.05) is 97.1 Å². The standard InChI is InChI=1S/C22H22N2S.C20H18FNOS.C19H18N2OS.CH4/c1-4-12-22(2,3)25-21-11-13-24-15-20(21)19-10-9-16(14-23)17-7-5-6-8-18(17)19;1-14(23)11-20(8-9-20)13-24-19-7-6-17(21)10-18(19)16-4-2-15(12-22)3-5-16;1-14(22)10-19(7-8-19)13-23-18-6-9-21-12-17(18)16-4-2-15(11-20)3-5-16;/h5-11,13,15H,4,12H2,1-3H3;2-7,10H,8-9,11,13H2,1H3;2-6,9,12H,7-8,10,13H2,1H3;1H4. The Morgan fingerprint density at radius 2 is 1.12 bits per heavy atom. The number of carbonyl (C=O) groups excluding carboxylic acids is 2. The summed E-state index contributed by atoms with van der Waals surface area (Å²) in [6.45, 7) is 10.1. The first-order valence-electron chi connectivity index (χ1n) is 24.2. The number of Topliss-reactive ketones (excluding diaryl/α,β-unsaturated/α-hetero) is 2. The maximum atomic E-state index is 13.7. The van der Waals surface area contributed by atoms with E-state index >= 15 is 0 Å². The molecule has 2 aliphatic carbocycles. The maximum Gasteiger partial charge on any atom is 0.130 e. The van der Waals surface area contributed by atoms with E-state index < -0.39 is 0 Å². The highest BCUT2D eigenvalue weighted by molar-refractivity contribution is 8.00. The van der Waals surface area contributed by atoms with Gasteiger partial charge in [-0.05, 0) is 145 Å². The number of thioether (sulfide) groups is 3. The molecule has 2 aromatic heterocycles. The lowest BCUT2D eigenvalue weighted by Gasteiger charge is -2.25. The molecule has 0 amide bonds. The molecule has 2 fully saturated rings. The summed E-state index contributed by atoms with van der Waals surface area (Å²) in [5.74, 6) is 2.09. The number of ketones is 2. The minimum atomic E-state index is -0.274. The fourth-order valence-electron chi connectivity index (χ4n) is 8.90. The van der Waals surface area contributed by atoms with Crippen LogP contribution in [0.4, 0.5) is 4.39 Å². The number of benzene rings is 5. The van der Waals surface area contributed by atoms with Gasteiger partial charge in [-0.1, -0.05) is 89.2 Å². The lowest BCUT2D eigenvalue weighted by atomic mass is 9.96. The fourth-order valence-corrected chi connectivity index (χ4v) is 12.9. The minimum Gasteiger partial charge on any atom is -0.300 e. The molecule has 73 heavy (non-hydrogen) atoms. The van der Waals surface area contributed by atoms with E-state index in [2.05, 4.69) is 67.1 Å². The molecule has 11 heteroatoms. The van der Waals surface area contributed by atoms with Gasteiger partial charge in [0.1, 0.15) is 17.4 Å². The Morgan fingerprint density at radius 1 is 0.616 bits per heavy atom. The molecule has 0 aliphatic heterocycles. The number of halogens is 1. The molecule has 0 atom stereocenters. The summed E-state index contributed by atoms with van der Waals surface area (Å²) in [7, 11) is 0. The number of nitrogens with zero attached hydrogens (tertiary/aromatic N) is 5. The first-order valence-corrected chi connectivity index (χ1v) is 27.0. The van der Waals surface area contributed by atoms with Gasteiger partial charge in [-0.25, -0.2) is 4.39 Å². The number of nitriles is 3. The molecule has 5 aromatic carbocycles. The summed E-state index contributed by atoms with van der Waals surface area (Å²) in [5.41, 5.74) is 8.45. The first-order chi connectivity index (χ1) is 34.7. The number of pyridine rings is 2. The summed E-state index contributed by atoms with van der Waals surface area (Å²) >= 11 is 5.40. The van der Waals surface area contributed by atoms with Crippen LogP contribution >= 0.6 is 35.3 Å². The summed E-state index contributed by atoms with van der Waals surface area (Å²) < 4.78 is 13.9. The molecule has 9 rings (SSSR count). The Bertz CT molecular complexity index is 3180. The molecule has 0 bridgehead atoms. The molecule has 2 heterocycles. The van der Waals surface area contributed by atoms with Crippen molar-refractivity contribution in [3.05, 3.63) is 163 Å². The van der Waals surface area contributed by atoms with Gasteiger partial charge in [0, 0.05) is 85.1 Å². The van der Waals surface area contributed by atoms with Crippen molar-refractivity contribution in [1.29, 1.82) is 15.8 Å². The number of hydrogen-bond acceptors (Lipinski definition) is 10. The van der Waals surface area contributed by atoms with Crippen LogP contribution in [0.25, 0.3) is 44.2 Å². The van der Waals surface area contributed by atoms with Crippen LogP contribution in [0.1, 0.15) is 110 Å². The number of hydrogen-bond donors (Lipinski definition) is 0. The van der Waals surface area contributed by atoms with Gasteiger partial charge >= 0.3 is 0 Å². The number of carbonyl (C=O) groups is 2. The van der Waals surface area contributed by atoms with Gasteiger partial charge in [0.05, 0.1) is 34.9 Å². The Hall–Kier alpha value is -6.55. The number of rotatable bonds is 17. The normalized spacial score (nSPS) is 13.5. The quantitative estimate of drug-likeness (QED) is 0.0812. The van der Waals surface area contributed by atoms with Crippen LogP contribution in [0, 0.1) is 50.6 Å². The summed E-state index contributed by atoms with van der Waals surface area (Å²) in [6, 6.07) is 42.3. The van der Waals surface area contributed by atoms with Crippen LogP contribution in [0.5, 0.6) is 0 Å². The fraction of sp³-hybridized carbons (Fsp3) is 0.306. The Labute approximate surface area is 444 Å². The van der Waals surface area contributed by atoms with Crippen LogP contribution in [0.15, 0.2) is 155 Å². The average Bonchev–Trinajstić information content (AvgIpc) is 4.33. The third-order valence-electron chi connectivity index (χ3n) is 13.0.